The number of carbonyl (C=O) groups is 1. The van der Waals surface area contributed by atoms with Crippen molar-refractivity contribution in [3.63, 3.8) is 0 Å². The number of halogens is 5. The highest BCUT2D eigenvalue weighted by Gasteiger charge is 2.34. The topological polar surface area (TPSA) is 73.0 Å². The molecule has 12 heteroatoms. The Labute approximate surface area is 162 Å². The fourth-order valence-corrected chi connectivity index (χ4v) is 3.58. The first kappa shape index (κ1) is 18.6. The van der Waals surface area contributed by atoms with Crippen LogP contribution in [0.1, 0.15) is 11.1 Å². The molecular weight excluding hydrogens is 450 g/mol. The quantitative estimate of drug-likeness (QED) is 0.436. The van der Waals surface area contributed by atoms with Crippen molar-refractivity contribution in [2.75, 3.05) is 11.9 Å². The first-order valence-electron chi connectivity index (χ1n) is 7.86. The maximum absolute atomic E-state index is 13.6. The van der Waals surface area contributed by atoms with Crippen LogP contribution in [0.15, 0.2) is 27.7 Å². The molecule has 0 saturated heterocycles. The molecule has 0 spiro atoms. The van der Waals surface area contributed by atoms with Gasteiger partial charge in [-0.05, 0) is 39.7 Å². The summed E-state index contributed by atoms with van der Waals surface area (Å²) in [6.07, 6.45) is -4.70. The highest BCUT2D eigenvalue weighted by atomic mass is 79.9. The molecule has 3 aromatic rings. The third kappa shape index (κ3) is 2.79. The number of anilines is 1. The molecule has 0 radical (unpaired) electrons. The second-order valence-corrected chi connectivity index (χ2v) is 6.90. The minimum atomic E-state index is -4.70. The fraction of sp³-hybridized carbons (Fsp3) is 0.250. The number of alkyl halides is 3. The largest absolute Gasteiger partial charge is 0.416 e. The van der Waals surface area contributed by atoms with Crippen molar-refractivity contribution in [2.24, 2.45) is 0 Å². The van der Waals surface area contributed by atoms with Gasteiger partial charge in [0.25, 0.3) is 5.56 Å². The third-order valence-corrected chi connectivity index (χ3v) is 5.07. The minimum absolute atomic E-state index is 0.0327. The van der Waals surface area contributed by atoms with Crippen LogP contribution in [0.4, 0.5) is 23.5 Å². The van der Waals surface area contributed by atoms with Crippen LogP contribution in [0.25, 0.3) is 11.2 Å². The summed E-state index contributed by atoms with van der Waals surface area (Å²) >= 11 is 3.12. The van der Waals surface area contributed by atoms with E-state index in [4.69, 9.17) is 0 Å². The number of hydrogen-bond acceptors (Lipinski definition) is 4. The number of rotatable bonds is 2. The van der Waals surface area contributed by atoms with Gasteiger partial charge in [0.1, 0.15) is 12.4 Å². The number of nitrogens with zero attached hydrogens (tertiary/aromatic N) is 5. The van der Waals surface area contributed by atoms with Gasteiger partial charge in [-0.2, -0.15) is 18.2 Å². The molecule has 0 aliphatic carbocycles. The number of hydrogen-bond donors (Lipinski definition) is 0. The van der Waals surface area contributed by atoms with Crippen LogP contribution in [-0.4, -0.2) is 32.1 Å². The normalized spacial score (nSPS) is 14.2. The van der Waals surface area contributed by atoms with Crippen LogP contribution in [-0.2, 0) is 24.1 Å². The van der Waals surface area contributed by atoms with Crippen LogP contribution in [0.5, 0.6) is 0 Å². The number of amides is 1. The number of benzene rings is 1. The average molecular weight is 460 g/mol. The summed E-state index contributed by atoms with van der Waals surface area (Å²) in [5.41, 5.74) is -2.14. The molecule has 2 aromatic heterocycles. The Morgan fingerprint density at radius 1 is 1.21 bits per heavy atom. The molecule has 4 rings (SSSR count). The van der Waals surface area contributed by atoms with Gasteiger partial charge in [0.05, 0.1) is 12.1 Å². The summed E-state index contributed by atoms with van der Waals surface area (Å²) in [5, 5.41) is 0. The summed E-state index contributed by atoms with van der Waals surface area (Å²) in [6, 6.07) is 2.13. The SMILES string of the molecule is CN1C(=O)Cn2c1nc1nc(Br)n(Cc3cc(F)ccc3C(F)(F)F)c1c2=O. The smallest absolute Gasteiger partial charge is 0.308 e. The zero-order valence-corrected chi connectivity index (χ0v) is 15.7. The fourth-order valence-electron chi connectivity index (χ4n) is 3.11. The molecule has 0 atom stereocenters. The van der Waals surface area contributed by atoms with Gasteiger partial charge in [-0.1, -0.05) is 0 Å². The molecule has 0 fully saturated rings. The lowest BCUT2D eigenvalue weighted by molar-refractivity contribution is -0.138. The van der Waals surface area contributed by atoms with E-state index in [0.717, 1.165) is 16.7 Å². The van der Waals surface area contributed by atoms with E-state index < -0.39 is 29.7 Å². The van der Waals surface area contributed by atoms with E-state index in [1.807, 2.05) is 0 Å². The molecule has 0 N–H and O–H groups in total. The summed E-state index contributed by atoms with van der Waals surface area (Å²) in [6.45, 7) is -0.700. The Hall–Kier alpha value is -2.76. The molecule has 3 heterocycles. The average Bonchev–Trinajstić information content (AvgIpc) is 3.05. The molecule has 146 valence electrons. The first-order valence-corrected chi connectivity index (χ1v) is 8.66. The molecule has 28 heavy (non-hydrogen) atoms. The Kier molecular flexibility index (Phi) is 4.07. The van der Waals surface area contributed by atoms with E-state index in [1.165, 1.54) is 16.5 Å². The van der Waals surface area contributed by atoms with E-state index in [1.54, 1.807) is 0 Å². The molecule has 0 unspecified atom stereocenters. The van der Waals surface area contributed by atoms with Crippen molar-refractivity contribution in [3.05, 3.63) is 50.2 Å². The predicted molar refractivity (Wildman–Crippen MR) is 93.4 cm³/mol. The monoisotopic (exact) mass is 459 g/mol. The highest BCUT2D eigenvalue weighted by molar-refractivity contribution is 9.10. The molecule has 0 bridgehead atoms. The Balaban J connectivity index is 1.92. The number of likely N-dealkylation sites (N-methyl/N-ethyl adjacent to an activating group) is 1. The summed E-state index contributed by atoms with van der Waals surface area (Å²) in [5.74, 6) is -1.10. The minimum Gasteiger partial charge on any atom is -0.308 e. The number of imidazole rings is 1. The van der Waals surface area contributed by atoms with Gasteiger partial charge in [-0.15, -0.1) is 0 Å². The molecule has 1 aliphatic rings. The molecule has 7 nitrogen and oxygen atoms in total. The molecule has 1 aromatic carbocycles. The Morgan fingerprint density at radius 2 is 1.93 bits per heavy atom. The summed E-state index contributed by atoms with van der Waals surface area (Å²) in [4.78, 5) is 34.1. The highest BCUT2D eigenvalue weighted by Crippen LogP contribution is 2.33. The van der Waals surface area contributed by atoms with E-state index in [2.05, 4.69) is 25.9 Å². The number of carbonyl (C=O) groups excluding carboxylic acids is 1. The van der Waals surface area contributed by atoms with E-state index >= 15 is 0 Å². The van der Waals surface area contributed by atoms with Gasteiger partial charge in [0.2, 0.25) is 11.9 Å². The van der Waals surface area contributed by atoms with E-state index in [-0.39, 0.29) is 39.9 Å². The van der Waals surface area contributed by atoms with Crippen molar-refractivity contribution < 1.29 is 22.4 Å². The molecule has 1 amide bonds. The van der Waals surface area contributed by atoms with Gasteiger partial charge in [-0.3, -0.25) is 19.1 Å². The summed E-state index contributed by atoms with van der Waals surface area (Å²) < 4.78 is 55.8. The van der Waals surface area contributed by atoms with Gasteiger partial charge in [0, 0.05) is 7.05 Å². The van der Waals surface area contributed by atoms with Crippen molar-refractivity contribution in [3.8, 4) is 0 Å². The van der Waals surface area contributed by atoms with E-state index in [0.29, 0.717) is 6.07 Å². The van der Waals surface area contributed by atoms with Gasteiger partial charge in [0.15, 0.2) is 15.9 Å². The molecule has 1 aliphatic heterocycles. The third-order valence-electron chi connectivity index (χ3n) is 4.47. The molecular formula is C16H10BrF4N5O2. The molecule has 0 saturated carbocycles. The summed E-state index contributed by atoms with van der Waals surface area (Å²) in [7, 11) is 1.45. The van der Waals surface area contributed by atoms with Gasteiger partial charge >= 0.3 is 6.18 Å². The maximum Gasteiger partial charge on any atom is 0.416 e. The van der Waals surface area contributed by atoms with Crippen molar-refractivity contribution in [1.82, 2.24) is 19.1 Å². The zero-order chi connectivity index (χ0) is 20.4. The number of aromatic nitrogens is 4. The van der Waals surface area contributed by atoms with Gasteiger partial charge < -0.3 is 4.57 Å². The lowest BCUT2D eigenvalue weighted by Gasteiger charge is -2.14. The van der Waals surface area contributed by atoms with Crippen LogP contribution >= 0.6 is 15.9 Å². The van der Waals surface area contributed by atoms with Crippen LogP contribution in [0, 0.1) is 5.82 Å². The van der Waals surface area contributed by atoms with Crippen molar-refractivity contribution >= 4 is 38.9 Å². The second kappa shape index (κ2) is 6.12. The maximum atomic E-state index is 13.6. The van der Waals surface area contributed by atoms with E-state index in [9.17, 15) is 27.2 Å². The standard InChI is InChI=1S/C16H10BrF4N5O2/c1-24-10(27)6-26-13(28)11-12(23-15(24)26)22-14(17)25(11)5-7-4-8(18)2-3-9(7)16(19,20)21/h2-4H,5-6H2,1H3. The number of fused-ring (bicyclic) bond motifs is 2. The zero-order valence-electron chi connectivity index (χ0n) is 14.1. The van der Waals surface area contributed by atoms with Gasteiger partial charge in [-0.25, -0.2) is 9.37 Å². The van der Waals surface area contributed by atoms with Crippen molar-refractivity contribution in [2.45, 2.75) is 19.3 Å². The van der Waals surface area contributed by atoms with Crippen LogP contribution in [0.3, 0.4) is 0 Å². The van der Waals surface area contributed by atoms with Crippen molar-refractivity contribution in [1.29, 1.82) is 0 Å². The lowest BCUT2D eigenvalue weighted by Crippen LogP contribution is -2.23. The van der Waals surface area contributed by atoms with Crippen LogP contribution < -0.4 is 10.5 Å². The Bertz CT molecular complexity index is 1200. The second-order valence-electron chi connectivity index (χ2n) is 6.19. The lowest BCUT2D eigenvalue weighted by atomic mass is 10.1. The first-order chi connectivity index (χ1) is 13.1. The predicted octanol–water partition coefficient (Wildman–Crippen LogP) is 2.54. The Morgan fingerprint density at radius 3 is 2.61 bits per heavy atom. The van der Waals surface area contributed by atoms with Crippen LogP contribution in [0.2, 0.25) is 0 Å².